The number of aliphatic hydroxyl groups is 1. The number of benzene rings is 2. The minimum atomic E-state index is -1.09. The second kappa shape index (κ2) is 8.95. The molecule has 1 saturated heterocycles. The Hall–Kier alpha value is -3.06. The van der Waals surface area contributed by atoms with Crippen LogP contribution < -0.4 is 14.8 Å². The normalized spacial score (nSPS) is 20.8. The van der Waals surface area contributed by atoms with Gasteiger partial charge in [-0.05, 0) is 72.1 Å². The largest absolute Gasteiger partial charge is 0.497 e. The first-order valence-corrected chi connectivity index (χ1v) is 11.8. The van der Waals surface area contributed by atoms with Crippen molar-refractivity contribution < 1.29 is 24.2 Å². The summed E-state index contributed by atoms with van der Waals surface area (Å²) in [7, 11) is 1.61. The van der Waals surface area contributed by atoms with Crippen LogP contribution in [0.25, 0.3) is 0 Å². The Labute approximate surface area is 201 Å². The van der Waals surface area contributed by atoms with E-state index in [0.29, 0.717) is 12.2 Å². The fourth-order valence-corrected chi connectivity index (χ4v) is 4.87. The third kappa shape index (κ3) is 4.37. The number of fused-ring (bicyclic) bond motifs is 2. The predicted molar refractivity (Wildman–Crippen MR) is 129 cm³/mol. The molecular formula is C27H34N2O5. The number of amides is 3. The molecular weight excluding hydrogens is 432 g/mol. The van der Waals surface area contributed by atoms with Gasteiger partial charge < -0.3 is 19.9 Å². The number of hydrogen-bond donors (Lipinski definition) is 2. The number of methoxy groups -OCH3 is 1. The van der Waals surface area contributed by atoms with E-state index in [1.54, 1.807) is 7.11 Å². The van der Waals surface area contributed by atoms with E-state index in [0.717, 1.165) is 40.2 Å². The number of nitrogens with zero attached hydrogens (tertiary/aromatic N) is 1. The van der Waals surface area contributed by atoms with E-state index in [4.69, 9.17) is 9.47 Å². The molecule has 0 radical (unpaired) electrons. The summed E-state index contributed by atoms with van der Waals surface area (Å²) in [6, 6.07) is 11.1. The number of carbonyl (C=O) groups is 2. The van der Waals surface area contributed by atoms with Crippen molar-refractivity contribution in [2.75, 3.05) is 20.3 Å². The van der Waals surface area contributed by atoms with Crippen molar-refractivity contribution in [1.82, 2.24) is 10.2 Å². The van der Waals surface area contributed by atoms with Crippen LogP contribution in [-0.2, 0) is 22.2 Å². The summed E-state index contributed by atoms with van der Waals surface area (Å²) in [6.45, 7) is 8.27. The number of aryl methyl sites for hydroxylation is 2. The molecule has 1 heterocycles. The average Bonchev–Trinajstić information content (AvgIpc) is 3.02. The van der Waals surface area contributed by atoms with Gasteiger partial charge in [-0.25, -0.2) is 4.79 Å². The lowest BCUT2D eigenvalue weighted by molar-refractivity contribution is -0.133. The number of urea groups is 1. The number of carbonyl (C=O) groups excluding carboxylic acids is 2. The van der Waals surface area contributed by atoms with E-state index >= 15 is 0 Å². The van der Waals surface area contributed by atoms with Gasteiger partial charge in [-0.1, -0.05) is 39.0 Å². The van der Waals surface area contributed by atoms with Crippen molar-refractivity contribution in [3.05, 3.63) is 58.7 Å². The molecule has 2 aliphatic rings. The van der Waals surface area contributed by atoms with Gasteiger partial charge in [0.25, 0.3) is 5.91 Å². The number of nitrogens with one attached hydrogen (secondary N) is 1. The van der Waals surface area contributed by atoms with Crippen molar-refractivity contribution >= 4 is 11.9 Å². The number of ether oxygens (including phenoxy) is 2. The zero-order chi connectivity index (χ0) is 24.7. The van der Waals surface area contributed by atoms with Gasteiger partial charge in [0.1, 0.15) is 29.7 Å². The summed E-state index contributed by atoms with van der Waals surface area (Å²) in [6.07, 6.45) is 1.11. The van der Waals surface area contributed by atoms with Crippen molar-refractivity contribution in [2.24, 2.45) is 0 Å². The van der Waals surface area contributed by atoms with E-state index < -0.39 is 17.7 Å². The fraction of sp³-hybridized carbons (Fsp3) is 0.481. The standard InChI is InChI=1S/C27H34N2O5/c1-17-13-19(26(2,3)4)8-11-23(17)34-16-20(30)15-29-24(31)27(28-25(29)32)12-6-7-18-14-21(33-5)9-10-22(18)27/h8-11,13-14,20,30H,6-7,12,15-16H2,1-5H3,(H,28,32)/t20-,27-/m0/s1. The second-order valence-corrected chi connectivity index (χ2v) is 10.3. The van der Waals surface area contributed by atoms with Gasteiger partial charge in [-0.3, -0.25) is 9.69 Å². The molecule has 34 heavy (non-hydrogen) atoms. The second-order valence-electron chi connectivity index (χ2n) is 10.3. The van der Waals surface area contributed by atoms with Crippen LogP contribution in [0.4, 0.5) is 4.79 Å². The van der Waals surface area contributed by atoms with Gasteiger partial charge in [0.05, 0.1) is 13.7 Å². The Morgan fingerprint density at radius 2 is 1.94 bits per heavy atom. The lowest BCUT2D eigenvalue weighted by atomic mass is 9.76. The van der Waals surface area contributed by atoms with Crippen LogP contribution in [0.15, 0.2) is 36.4 Å². The highest BCUT2D eigenvalue weighted by molar-refractivity contribution is 6.07. The lowest BCUT2D eigenvalue weighted by Crippen LogP contribution is -2.47. The van der Waals surface area contributed by atoms with Gasteiger partial charge in [0.15, 0.2) is 0 Å². The van der Waals surface area contributed by atoms with Crippen LogP contribution in [0.1, 0.15) is 55.9 Å². The molecule has 2 aromatic carbocycles. The molecule has 1 aliphatic heterocycles. The molecule has 3 amide bonds. The molecule has 0 bridgehead atoms. The average molecular weight is 467 g/mol. The molecule has 0 saturated carbocycles. The van der Waals surface area contributed by atoms with Crippen LogP contribution in [0.3, 0.4) is 0 Å². The molecule has 2 aromatic rings. The third-order valence-electron chi connectivity index (χ3n) is 6.81. The fourth-order valence-electron chi connectivity index (χ4n) is 4.87. The Morgan fingerprint density at radius 1 is 1.18 bits per heavy atom. The molecule has 0 aromatic heterocycles. The number of hydrogen-bond acceptors (Lipinski definition) is 5. The molecule has 2 N–H and O–H groups in total. The first-order chi connectivity index (χ1) is 16.0. The Bertz CT molecular complexity index is 1110. The van der Waals surface area contributed by atoms with Crippen LogP contribution in [0.5, 0.6) is 11.5 Å². The maximum absolute atomic E-state index is 13.5. The maximum Gasteiger partial charge on any atom is 0.325 e. The van der Waals surface area contributed by atoms with Crippen molar-refractivity contribution in [1.29, 1.82) is 0 Å². The minimum Gasteiger partial charge on any atom is -0.497 e. The summed E-state index contributed by atoms with van der Waals surface area (Å²) in [5.41, 5.74) is 2.93. The van der Waals surface area contributed by atoms with Crippen LogP contribution >= 0.6 is 0 Å². The number of imide groups is 1. The molecule has 2 atom stereocenters. The SMILES string of the molecule is COc1ccc2c(c1)CCC[C@]21NC(=O)N(C[C@H](O)COc2ccc(C(C)(C)C)cc2C)C1=O. The van der Waals surface area contributed by atoms with E-state index in [2.05, 4.69) is 32.2 Å². The molecule has 1 aliphatic carbocycles. The molecule has 182 valence electrons. The minimum absolute atomic E-state index is 0.0203. The highest BCUT2D eigenvalue weighted by atomic mass is 16.5. The third-order valence-corrected chi connectivity index (χ3v) is 6.81. The molecule has 0 unspecified atom stereocenters. The van der Waals surface area contributed by atoms with Crippen LogP contribution in [0.2, 0.25) is 0 Å². The molecule has 7 heteroatoms. The van der Waals surface area contributed by atoms with Gasteiger partial charge in [-0.15, -0.1) is 0 Å². The summed E-state index contributed by atoms with van der Waals surface area (Å²) in [5, 5.41) is 13.5. The summed E-state index contributed by atoms with van der Waals surface area (Å²) < 4.78 is 11.2. The molecule has 4 rings (SSSR count). The van der Waals surface area contributed by atoms with Gasteiger partial charge in [-0.2, -0.15) is 0 Å². The quantitative estimate of drug-likeness (QED) is 0.632. The monoisotopic (exact) mass is 466 g/mol. The number of aliphatic hydroxyl groups excluding tert-OH is 1. The van der Waals surface area contributed by atoms with Crippen LogP contribution in [-0.4, -0.2) is 48.3 Å². The first-order valence-electron chi connectivity index (χ1n) is 11.8. The van der Waals surface area contributed by atoms with Crippen molar-refractivity contribution in [2.45, 2.75) is 64.0 Å². The highest BCUT2D eigenvalue weighted by Crippen LogP contribution is 2.41. The first kappa shape index (κ1) is 24.1. The van der Waals surface area contributed by atoms with Gasteiger partial charge in [0.2, 0.25) is 0 Å². The maximum atomic E-state index is 13.5. The van der Waals surface area contributed by atoms with Crippen molar-refractivity contribution in [3.8, 4) is 11.5 Å². The Kier molecular flexibility index (Phi) is 6.34. The summed E-state index contributed by atoms with van der Waals surface area (Å²) >= 11 is 0. The molecule has 7 nitrogen and oxygen atoms in total. The van der Waals surface area contributed by atoms with Gasteiger partial charge >= 0.3 is 6.03 Å². The Balaban J connectivity index is 1.45. The smallest absolute Gasteiger partial charge is 0.325 e. The lowest BCUT2D eigenvalue weighted by Gasteiger charge is -2.33. The predicted octanol–water partition coefficient (Wildman–Crippen LogP) is 3.82. The number of β-amino-alcohol motifs (C(OH)–C–C–N with tert-alkyl or cyclic N) is 1. The van der Waals surface area contributed by atoms with E-state index in [1.165, 1.54) is 5.56 Å². The molecule has 1 fully saturated rings. The van der Waals surface area contributed by atoms with Crippen molar-refractivity contribution in [3.63, 3.8) is 0 Å². The van der Waals surface area contributed by atoms with Crippen LogP contribution in [0, 0.1) is 6.92 Å². The summed E-state index contributed by atoms with van der Waals surface area (Å²) in [4.78, 5) is 27.4. The topological polar surface area (TPSA) is 88.1 Å². The van der Waals surface area contributed by atoms with E-state index in [9.17, 15) is 14.7 Å². The number of rotatable bonds is 6. The highest BCUT2D eigenvalue weighted by Gasteiger charge is 2.54. The van der Waals surface area contributed by atoms with E-state index in [1.807, 2.05) is 37.3 Å². The molecule has 1 spiro atoms. The zero-order valence-corrected chi connectivity index (χ0v) is 20.6. The zero-order valence-electron chi connectivity index (χ0n) is 20.6. The Morgan fingerprint density at radius 3 is 2.62 bits per heavy atom. The summed E-state index contributed by atoms with van der Waals surface area (Å²) in [5.74, 6) is 1.08. The van der Waals surface area contributed by atoms with E-state index in [-0.39, 0.29) is 24.5 Å². The van der Waals surface area contributed by atoms with Gasteiger partial charge in [0, 0.05) is 0 Å².